The third-order valence-electron chi connectivity index (χ3n) is 4.54. The smallest absolute Gasteiger partial charge is 0.241 e. The van der Waals surface area contributed by atoms with Crippen LogP contribution in [-0.2, 0) is 6.54 Å². The van der Waals surface area contributed by atoms with Crippen molar-refractivity contribution in [3.63, 3.8) is 0 Å². The topological polar surface area (TPSA) is 64.0 Å². The maximum atomic E-state index is 5.95. The molecule has 4 rings (SSSR count). The summed E-state index contributed by atoms with van der Waals surface area (Å²) >= 11 is 0. The number of pyridine rings is 2. The van der Waals surface area contributed by atoms with Gasteiger partial charge in [-0.15, -0.1) is 0 Å². The van der Waals surface area contributed by atoms with Crippen molar-refractivity contribution in [1.29, 1.82) is 0 Å². The van der Waals surface area contributed by atoms with Crippen LogP contribution in [0.25, 0.3) is 0 Å². The van der Waals surface area contributed by atoms with Crippen LogP contribution in [-0.4, -0.2) is 37.9 Å². The zero-order valence-corrected chi connectivity index (χ0v) is 14.5. The van der Waals surface area contributed by atoms with Gasteiger partial charge in [0.15, 0.2) is 0 Å². The van der Waals surface area contributed by atoms with Crippen LogP contribution in [0.2, 0.25) is 0 Å². The van der Waals surface area contributed by atoms with E-state index in [1.807, 2.05) is 30.5 Å². The molecule has 26 heavy (non-hydrogen) atoms. The van der Waals surface area contributed by atoms with E-state index < -0.39 is 0 Å². The van der Waals surface area contributed by atoms with E-state index >= 15 is 0 Å². The number of ether oxygens (including phenoxy) is 1. The van der Waals surface area contributed by atoms with Crippen LogP contribution in [0, 0.1) is 0 Å². The Morgan fingerprint density at radius 2 is 1.96 bits per heavy atom. The van der Waals surface area contributed by atoms with Crippen LogP contribution in [0.1, 0.15) is 30.1 Å². The van der Waals surface area contributed by atoms with E-state index in [2.05, 4.69) is 30.9 Å². The Kier molecular flexibility index (Phi) is 5.12. The summed E-state index contributed by atoms with van der Waals surface area (Å²) in [7, 11) is 0. The lowest BCUT2D eigenvalue weighted by Crippen LogP contribution is -2.34. The van der Waals surface area contributed by atoms with E-state index in [-0.39, 0.29) is 0 Å². The number of hydrogen-bond acceptors (Lipinski definition) is 6. The molecule has 3 aromatic rings. The van der Waals surface area contributed by atoms with Crippen molar-refractivity contribution in [3.05, 3.63) is 72.7 Å². The largest absolute Gasteiger partial charge is 0.436 e. The van der Waals surface area contributed by atoms with Crippen molar-refractivity contribution in [1.82, 2.24) is 24.8 Å². The van der Waals surface area contributed by atoms with Gasteiger partial charge in [0.25, 0.3) is 0 Å². The average Bonchev–Trinajstić information content (AvgIpc) is 2.70. The molecular formula is C20H21N5O. The molecule has 1 saturated heterocycles. The minimum absolute atomic E-state index is 0.299. The van der Waals surface area contributed by atoms with Crippen molar-refractivity contribution in [2.75, 3.05) is 13.1 Å². The lowest BCUT2D eigenvalue weighted by atomic mass is 9.94. The van der Waals surface area contributed by atoms with E-state index in [0.717, 1.165) is 43.9 Å². The Morgan fingerprint density at radius 3 is 2.81 bits per heavy atom. The molecule has 0 aliphatic carbocycles. The van der Waals surface area contributed by atoms with Crippen LogP contribution < -0.4 is 4.74 Å². The summed E-state index contributed by atoms with van der Waals surface area (Å²) in [6.45, 7) is 2.86. The monoisotopic (exact) mass is 347 g/mol. The zero-order valence-electron chi connectivity index (χ0n) is 14.5. The molecule has 1 aliphatic heterocycles. The van der Waals surface area contributed by atoms with Crippen LogP contribution >= 0.6 is 0 Å². The maximum absolute atomic E-state index is 5.95. The molecular weight excluding hydrogens is 326 g/mol. The van der Waals surface area contributed by atoms with Crippen LogP contribution in [0.5, 0.6) is 11.6 Å². The standard InChI is InChI=1S/C20H21N5O/c1-2-9-22-17(6-1)15-25-12-4-5-16(14-25)19-20(24-11-10-23-19)26-18-7-3-8-21-13-18/h1-3,6-11,13,16H,4-5,12,14-15H2/t16-/m1/s1. The lowest BCUT2D eigenvalue weighted by Gasteiger charge is -2.32. The summed E-state index contributed by atoms with van der Waals surface area (Å²) in [6.07, 6.45) is 10.9. The molecule has 1 aliphatic rings. The molecule has 1 atom stereocenters. The highest BCUT2D eigenvalue weighted by Gasteiger charge is 2.26. The summed E-state index contributed by atoms with van der Waals surface area (Å²) in [5.41, 5.74) is 2.02. The molecule has 0 amide bonds. The number of nitrogens with zero attached hydrogens (tertiary/aromatic N) is 5. The molecule has 0 spiro atoms. The van der Waals surface area contributed by atoms with Crippen LogP contribution in [0.3, 0.4) is 0 Å². The van der Waals surface area contributed by atoms with Gasteiger partial charge in [-0.1, -0.05) is 6.07 Å². The Balaban J connectivity index is 1.50. The van der Waals surface area contributed by atoms with Crippen molar-refractivity contribution < 1.29 is 4.74 Å². The molecule has 3 aromatic heterocycles. The summed E-state index contributed by atoms with van der Waals surface area (Å²) in [4.78, 5) is 20.0. The van der Waals surface area contributed by atoms with Gasteiger partial charge in [0.05, 0.1) is 11.9 Å². The predicted octanol–water partition coefficient (Wildman–Crippen LogP) is 3.44. The first-order chi connectivity index (χ1) is 12.9. The van der Waals surface area contributed by atoms with E-state index in [1.54, 1.807) is 24.8 Å². The zero-order chi connectivity index (χ0) is 17.6. The molecule has 0 radical (unpaired) electrons. The fourth-order valence-electron chi connectivity index (χ4n) is 3.36. The Bertz CT molecular complexity index is 828. The summed E-state index contributed by atoms with van der Waals surface area (Å²) in [6, 6.07) is 9.78. The first-order valence-electron chi connectivity index (χ1n) is 8.89. The van der Waals surface area contributed by atoms with Gasteiger partial charge in [-0.2, -0.15) is 0 Å². The number of rotatable bonds is 5. The van der Waals surface area contributed by atoms with Gasteiger partial charge < -0.3 is 4.74 Å². The molecule has 1 fully saturated rings. The summed E-state index contributed by atoms with van der Waals surface area (Å²) in [5, 5.41) is 0. The molecule has 4 heterocycles. The highest BCUT2D eigenvalue weighted by Crippen LogP contribution is 2.32. The summed E-state index contributed by atoms with van der Waals surface area (Å²) in [5.74, 6) is 1.55. The Labute approximate surface area is 152 Å². The Morgan fingerprint density at radius 1 is 1.00 bits per heavy atom. The molecule has 6 heteroatoms. The van der Waals surface area contributed by atoms with Gasteiger partial charge in [-0.25, -0.2) is 4.98 Å². The van der Waals surface area contributed by atoms with E-state index in [1.165, 1.54) is 0 Å². The molecule has 0 bridgehead atoms. The number of piperidine rings is 1. The van der Waals surface area contributed by atoms with Gasteiger partial charge in [-0.3, -0.25) is 19.9 Å². The molecule has 0 N–H and O–H groups in total. The number of likely N-dealkylation sites (tertiary alicyclic amines) is 1. The second-order valence-electron chi connectivity index (χ2n) is 6.43. The predicted molar refractivity (Wildman–Crippen MR) is 97.8 cm³/mol. The van der Waals surface area contributed by atoms with Crippen molar-refractivity contribution >= 4 is 0 Å². The molecule has 6 nitrogen and oxygen atoms in total. The highest BCUT2D eigenvalue weighted by atomic mass is 16.5. The Hall–Kier alpha value is -2.86. The van der Waals surface area contributed by atoms with E-state index in [9.17, 15) is 0 Å². The quantitative estimate of drug-likeness (QED) is 0.704. The maximum Gasteiger partial charge on any atom is 0.241 e. The minimum Gasteiger partial charge on any atom is -0.436 e. The average molecular weight is 347 g/mol. The second-order valence-corrected chi connectivity index (χ2v) is 6.43. The molecule has 0 aromatic carbocycles. The fourth-order valence-corrected chi connectivity index (χ4v) is 3.36. The summed E-state index contributed by atoms with van der Waals surface area (Å²) < 4.78 is 5.95. The number of hydrogen-bond donors (Lipinski definition) is 0. The molecule has 0 saturated carbocycles. The lowest BCUT2D eigenvalue weighted by molar-refractivity contribution is 0.194. The van der Waals surface area contributed by atoms with Crippen LogP contribution in [0.15, 0.2) is 61.3 Å². The first-order valence-corrected chi connectivity index (χ1v) is 8.89. The fraction of sp³-hybridized carbons (Fsp3) is 0.300. The highest BCUT2D eigenvalue weighted by molar-refractivity contribution is 5.29. The third kappa shape index (κ3) is 4.03. The third-order valence-corrected chi connectivity index (χ3v) is 4.54. The van der Waals surface area contributed by atoms with Gasteiger partial charge in [0.2, 0.25) is 5.88 Å². The van der Waals surface area contributed by atoms with Crippen LogP contribution in [0.4, 0.5) is 0 Å². The van der Waals surface area contributed by atoms with Gasteiger partial charge in [-0.05, 0) is 43.7 Å². The van der Waals surface area contributed by atoms with Crippen molar-refractivity contribution in [2.24, 2.45) is 0 Å². The van der Waals surface area contributed by atoms with Crippen molar-refractivity contribution in [3.8, 4) is 11.6 Å². The van der Waals surface area contributed by atoms with Gasteiger partial charge in [0.1, 0.15) is 11.4 Å². The molecule has 132 valence electrons. The minimum atomic E-state index is 0.299. The van der Waals surface area contributed by atoms with E-state index in [4.69, 9.17) is 4.74 Å². The second kappa shape index (κ2) is 8.01. The van der Waals surface area contributed by atoms with Crippen molar-refractivity contribution in [2.45, 2.75) is 25.3 Å². The normalized spacial score (nSPS) is 17.8. The van der Waals surface area contributed by atoms with E-state index in [0.29, 0.717) is 17.5 Å². The SMILES string of the molecule is c1ccc(CN2CCC[C@@H](c3nccnc3Oc3cccnc3)C2)nc1. The van der Waals surface area contributed by atoms with Gasteiger partial charge >= 0.3 is 0 Å². The number of aromatic nitrogens is 4. The molecule has 0 unspecified atom stereocenters. The van der Waals surface area contributed by atoms with Gasteiger partial charge in [0, 0.05) is 43.8 Å². The first kappa shape index (κ1) is 16.6.